The molecule has 6 nitrogen and oxygen atoms in total. The summed E-state index contributed by atoms with van der Waals surface area (Å²) in [6.45, 7) is 4.82. The Bertz CT molecular complexity index is 993. The van der Waals surface area contributed by atoms with Gasteiger partial charge < -0.3 is 20.3 Å². The smallest absolute Gasteiger partial charge is 0.305 e. The number of rotatable bonds is 49. The van der Waals surface area contributed by atoms with Crippen molar-refractivity contribution in [3.8, 4) is 0 Å². The highest BCUT2D eigenvalue weighted by Crippen LogP contribution is 2.16. The van der Waals surface area contributed by atoms with Crippen LogP contribution in [0.2, 0.25) is 0 Å². The molecule has 2 atom stereocenters. The number of aliphatic hydroxyl groups is 2. The van der Waals surface area contributed by atoms with Gasteiger partial charge in [-0.15, -0.1) is 0 Å². The molecule has 0 radical (unpaired) electrons. The number of carbonyl (C=O) groups is 2. The first-order valence-corrected chi connectivity index (χ1v) is 26.8. The van der Waals surface area contributed by atoms with Crippen LogP contribution in [0.15, 0.2) is 36.5 Å². The summed E-state index contributed by atoms with van der Waals surface area (Å²) < 4.78 is 5.47. The summed E-state index contributed by atoms with van der Waals surface area (Å²) in [6.07, 6.45) is 61.4. The average molecular weight is 858 g/mol. The number of ether oxygens (including phenoxy) is 1. The largest absolute Gasteiger partial charge is 0.466 e. The van der Waals surface area contributed by atoms with Gasteiger partial charge in [-0.2, -0.15) is 0 Å². The van der Waals surface area contributed by atoms with Gasteiger partial charge in [0.15, 0.2) is 0 Å². The molecule has 1 amide bonds. The van der Waals surface area contributed by atoms with Gasteiger partial charge in [-0.1, -0.05) is 237 Å². The van der Waals surface area contributed by atoms with Crippen LogP contribution in [0.5, 0.6) is 0 Å². The summed E-state index contributed by atoms with van der Waals surface area (Å²) in [5.74, 6) is -0.116. The lowest BCUT2D eigenvalue weighted by Gasteiger charge is -2.20. The first-order valence-electron chi connectivity index (χ1n) is 26.8. The van der Waals surface area contributed by atoms with Gasteiger partial charge in [0.25, 0.3) is 0 Å². The summed E-state index contributed by atoms with van der Waals surface area (Å²) in [5.41, 5.74) is 0. The van der Waals surface area contributed by atoms with E-state index in [0.717, 1.165) is 64.2 Å². The van der Waals surface area contributed by atoms with Gasteiger partial charge in [0.2, 0.25) is 5.91 Å². The van der Waals surface area contributed by atoms with Crippen molar-refractivity contribution >= 4 is 11.9 Å². The highest BCUT2D eigenvalue weighted by atomic mass is 16.5. The van der Waals surface area contributed by atoms with Gasteiger partial charge in [-0.25, -0.2) is 0 Å². The zero-order valence-corrected chi connectivity index (χ0v) is 40.6. The lowest BCUT2D eigenvalue weighted by atomic mass is 10.0. The third-order valence-corrected chi connectivity index (χ3v) is 12.2. The Labute approximate surface area is 379 Å². The molecule has 0 saturated heterocycles. The van der Waals surface area contributed by atoms with Crippen molar-refractivity contribution in [1.82, 2.24) is 5.32 Å². The fourth-order valence-corrected chi connectivity index (χ4v) is 8.02. The topological polar surface area (TPSA) is 95.9 Å². The van der Waals surface area contributed by atoms with Crippen LogP contribution in [0.4, 0.5) is 0 Å². The molecule has 358 valence electrons. The Morgan fingerprint density at radius 3 is 1.28 bits per heavy atom. The maximum atomic E-state index is 12.4. The van der Waals surface area contributed by atoms with E-state index >= 15 is 0 Å². The van der Waals surface area contributed by atoms with Crippen LogP contribution < -0.4 is 5.32 Å². The van der Waals surface area contributed by atoms with E-state index in [1.54, 1.807) is 6.08 Å². The number of unbranched alkanes of at least 4 members (excludes halogenated alkanes) is 34. The summed E-state index contributed by atoms with van der Waals surface area (Å²) in [5, 5.41) is 23.1. The number of esters is 1. The first kappa shape index (κ1) is 59.1. The highest BCUT2D eigenvalue weighted by Gasteiger charge is 2.18. The number of hydrogen-bond donors (Lipinski definition) is 3. The Morgan fingerprint density at radius 1 is 0.459 bits per heavy atom. The second-order valence-electron chi connectivity index (χ2n) is 18.2. The van der Waals surface area contributed by atoms with E-state index in [1.807, 2.05) is 6.08 Å². The van der Waals surface area contributed by atoms with E-state index in [1.165, 1.54) is 186 Å². The molecule has 0 aliphatic rings. The highest BCUT2D eigenvalue weighted by molar-refractivity contribution is 5.76. The Kier molecular flexibility index (Phi) is 49.1. The minimum Gasteiger partial charge on any atom is -0.466 e. The van der Waals surface area contributed by atoms with E-state index in [-0.39, 0.29) is 18.5 Å². The van der Waals surface area contributed by atoms with Crippen molar-refractivity contribution in [2.45, 2.75) is 289 Å². The molecule has 0 saturated carbocycles. The maximum Gasteiger partial charge on any atom is 0.305 e. The molecule has 6 heteroatoms. The summed E-state index contributed by atoms with van der Waals surface area (Å²) in [6, 6.07) is -0.645. The van der Waals surface area contributed by atoms with Gasteiger partial charge in [0, 0.05) is 12.8 Å². The standard InChI is InChI=1S/C55H103NO5/c1-3-5-7-9-11-13-15-17-19-20-21-22-24-26-28-33-37-41-45-49-55(60)61-50-46-42-38-34-30-29-32-36-40-44-48-54(59)56-52(51-57)53(58)47-43-39-35-31-27-25-23-18-16-14-12-10-8-6-4-2/h11,13,17,19,43,47,52-53,57-58H,3-10,12,14-16,18,20-42,44-46,48-51H2,1-2H3,(H,56,59)/b13-11-,19-17-,47-43+. The number of hydrogen-bond acceptors (Lipinski definition) is 5. The summed E-state index contributed by atoms with van der Waals surface area (Å²) in [4.78, 5) is 24.5. The first-order chi connectivity index (χ1) is 30.0. The fraction of sp³-hybridized carbons (Fsp3) is 0.855. The molecule has 0 heterocycles. The molecule has 0 rings (SSSR count). The minimum absolute atomic E-state index is 0.0249. The second-order valence-corrected chi connectivity index (χ2v) is 18.2. The Morgan fingerprint density at radius 2 is 0.820 bits per heavy atom. The van der Waals surface area contributed by atoms with Crippen molar-refractivity contribution in [2.24, 2.45) is 0 Å². The van der Waals surface area contributed by atoms with E-state index in [4.69, 9.17) is 4.74 Å². The molecular weight excluding hydrogens is 755 g/mol. The Balaban J connectivity index is 3.50. The maximum absolute atomic E-state index is 12.4. The van der Waals surface area contributed by atoms with Crippen molar-refractivity contribution in [3.63, 3.8) is 0 Å². The molecule has 0 aliphatic carbocycles. The molecule has 0 fully saturated rings. The molecule has 2 unspecified atom stereocenters. The molecule has 0 bridgehead atoms. The molecule has 0 aliphatic heterocycles. The van der Waals surface area contributed by atoms with Crippen molar-refractivity contribution in [2.75, 3.05) is 13.2 Å². The van der Waals surface area contributed by atoms with Crippen molar-refractivity contribution in [3.05, 3.63) is 36.5 Å². The van der Waals surface area contributed by atoms with E-state index < -0.39 is 12.1 Å². The van der Waals surface area contributed by atoms with Crippen LogP contribution in [0.3, 0.4) is 0 Å². The van der Waals surface area contributed by atoms with Crippen LogP contribution in [0.1, 0.15) is 277 Å². The van der Waals surface area contributed by atoms with Crippen LogP contribution in [0.25, 0.3) is 0 Å². The second kappa shape index (κ2) is 50.7. The van der Waals surface area contributed by atoms with Gasteiger partial charge in [-0.3, -0.25) is 9.59 Å². The van der Waals surface area contributed by atoms with Crippen LogP contribution >= 0.6 is 0 Å². The predicted octanol–water partition coefficient (Wildman–Crippen LogP) is 16.1. The number of aliphatic hydroxyl groups excluding tert-OH is 2. The van der Waals surface area contributed by atoms with E-state index in [2.05, 4.69) is 43.5 Å². The fourth-order valence-electron chi connectivity index (χ4n) is 8.02. The lowest BCUT2D eigenvalue weighted by molar-refractivity contribution is -0.143. The van der Waals surface area contributed by atoms with Gasteiger partial charge in [0.05, 0.1) is 25.4 Å². The zero-order valence-electron chi connectivity index (χ0n) is 40.6. The van der Waals surface area contributed by atoms with Gasteiger partial charge in [-0.05, 0) is 64.2 Å². The molecule has 3 N–H and O–H groups in total. The number of nitrogens with one attached hydrogen (secondary N) is 1. The third-order valence-electron chi connectivity index (χ3n) is 12.2. The zero-order chi connectivity index (χ0) is 44.4. The number of allylic oxidation sites excluding steroid dienone is 5. The normalized spacial score (nSPS) is 12.9. The number of amides is 1. The van der Waals surface area contributed by atoms with Crippen molar-refractivity contribution in [1.29, 1.82) is 0 Å². The quantitative estimate of drug-likeness (QED) is 0.0322. The van der Waals surface area contributed by atoms with Gasteiger partial charge >= 0.3 is 5.97 Å². The predicted molar refractivity (Wildman–Crippen MR) is 264 cm³/mol. The monoisotopic (exact) mass is 858 g/mol. The average Bonchev–Trinajstić information content (AvgIpc) is 3.26. The van der Waals surface area contributed by atoms with Crippen LogP contribution in [-0.2, 0) is 14.3 Å². The van der Waals surface area contributed by atoms with Gasteiger partial charge in [0.1, 0.15) is 0 Å². The molecule has 0 spiro atoms. The summed E-state index contributed by atoms with van der Waals surface area (Å²) in [7, 11) is 0. The molecule has 0 aromatic heterocycles. The summed E-state index contributed by atoms with van der Waals surface area (Å²) >= 11 is 0. The SMILES string of the molecule is CCCCC/C=C\C/C=C\CCCCCCCCCCCC(=O)OCCCCCCCCCCCCC(=O)NC(CO)C(O)/C=C/CCCCCCCCCCCCCCC. The third kappa shape index (κ3) is 47.4. The van der Waals surface area contributed by atoms with Crippen LogP contribution in [-0.4, -0.2) is 47.4 Å². The van der Waals surface area contributed by atoms with Crippen molar-refractivity contribution < 1.29 is 24.5 Å². The Hall–Kier alpha value is -1.92. The minimum atomic E-state index is -0.859. The lowest BCUT2D eigenvalue weighted by Crippen LogP contribution is -2.45. The van der Waals surface area contributed by atoms with E-state index in [9.17, 15) is 19.8 Å². The van der Waals surface area contributed by atoms with Crippen LogP contribution in [0, 0.1) is 0 Å². The molecule has 61 heavy (non-hydrogen) atoms. The molecule has 0 aromatic rings. The number of carbonyl (C=O) groups excluding carboxylic acids is 2. The van der Waals surface area contributed by atoms with E-state index in [0.29, 0.717) is 19.4 Å². The molecular formula is C55H103NO5. The molecule has 0 aromatic carbocycles.